The van der Waals surface area contributed by atoms with Gasteiger partial charge in [-0.1, -0.05) is 0 Å². The number of anilines is 2. The number of aromatic nitrogens is 2. The summed E-state index contributed by atoms with van der Waals surface area (Å²) in [6, 6.07) is 7.46. The van der Waals surface area contributed by atoms with Crippen molar-refractivity contribution in [2.24, 2.45) is 5.73 Å². The Morgan fingerprint density at radius 2 is 1.60 bits per heavy atom. The third-order valence-corrected chi connectivity index (χ3v) is 3.33. The maximum atomic E-state index is 11.9. The van der Waals surface area contributed by atoms with Gasteiger partial charge < -0.3 is 11.5 Å². The largest absolute Gasteiger partial charge is 0.399 e. The first-order chi connectivity index (χ1) is 9.49. The summed E-state index contributed by atoms with van der Waals surface area (Å²) < 4.78 is 26.0. The van der Waals surface area contributed by atoms with Gasteiger partial charge in [0.2, 0.25) is 12.4 Å². The summed E-state index contributed by atoms with van der Waals surface area (Å²) in [6.45, 7) is 0. The lowest BCUT2D eigenvalue weighted by atomic mass is 10.3. The van der Waals surface area contributed by atoms with Gasteiger partial charge in [-0.25, -0.2) is 23.1 Å². The quantitative estimate of drug-likeness (QED) is 0.536. The van der Waals surface area contributed by atoms with Gasteiger partial charge in [-0.15, -0.1) is 0 Å². The Morgan fingerprint density at radius 1 is 1.10 bits per heavy atom. The molecule has 1 amide bonds. The number of primary amides is 1. The first-order valence-electron chi connectivity index (χ1n) is 5.30. The number of benzene rings is 1. The van der Waals surface area contributed by atoms with Crippen LogP contribution in [-0.4, -0.2) is 24.8 Å². The van der Waals surface area contributed by atoms with E-state index in [4.69, 9.17) is 10.5 Å². The number of sulfonamides is 1. The van der Waals surface area contributed by atoms with Gasteiger partial charge in [0.15, 0.2) is 0 Å². The van der Waals surface area contributed by atoms with E-state index in [1.807, 2.05) is 0 Å². The zero-order valence-corrected chi connectivity index (χ0v) is 11.1. The summed E-state index contributed by atoms with van der Waals surface area (Å²) >= 11 is 0. The molecule has 1 aromatic heterocycles. The highest BCUT2D eigenvalue weighted by molar-refractivity contribution is 7.92. The summed E-state index contributed by atoms with van der Waals surface area (Å²) in [6.07, 6.45) is 3.15. The van der Waals surface area contributed by atoms with Crippen LogP contribution < -0.4 is 16.2 Å². The highest BCUT2D eigenvalue weighted by Crippen LogP contribution is 2.14. The predicted molar refractivity (Wildman–Crippen MR) is 73.9 cm³/mol. The molecule has 0 fully saturated rings. The summed E-state index contributed by atoms with van der Waals surface area (Å²) in [5.74, 6) is 0.0318. The second-order valence-electron chi connectivity index (χ2n) is 3.38. The fraction of sp³-hybridized carbons (Fsp3) is 0. The molecule has 8 nitrogen and oxygen atoms in total. The van der Waals surface area contributed by atoms with Crippen LogP contribution in [0.3, 0.4) is 0 Å². The van der Waals surface area contributed by atoms with E-state index in [1.54, 1.807) is 6.07 Å². The molecule has 1 heterocycles. The summed E-state index contributed by atoms with van der Waals surface area (Å²) in [5, 5.41) is 0. The maximum Gasteiger partial charge on any atom is 0.264 e. The van der Waals surface area contributed by atoms with Crippen LogP contribution >= 0.6 is 0 Å². The van der Waals surface area contributed by atoms with Crippen LogP contribution in [-0.2, 0) is 14.8 Å². The summed E-state index contributed by atoms with van der Waals surface area (Å²) in [7, 11) is -3.66. The van der Waals surface area contributed by atoms with Gasteiger partial charge in [0.05, 0.1) is 4.90 Å². The molecule has 5 N–H and O–H groups in total. The Bertz CT molecular complexity index is 644. The summed E-state index contributed by atoms with van der Waals surface area (Å²) in [4.78, 5) is 16.3. The van der Waals surface area contributed by atoms with Gasteiger partial charge in [0, 0.05) is 18.1 Å². The van der Waals surface area contributed by atoms with E-state index in [2.05, 4.69) is 20.4 Å². The molecular formula is C11H13N5O3S. The van der Waals surface area contributed by atoms with Crippen LogP contribution in [0, 0.1) is 0 Å². The fourth-order valence-corrected chi connectivity index (χ4v) is 2.14. The lowest BCUT2D eigenvalue weighted by Crippen LogP contribution is -2.14. The van der Waals surface area contributed by atoms with Gasteiger partial charge in [-0.2, -0.15) is 0 Å². The SMILES string of the molecule is NC=O.Nc1ccc(S(=O)(=O)Nc2ncccn2)cc1. The number of hydrogen-bond donors (Lipinski definition) is 3. The minimum Gasteiger partial charge on any atom is -0.399 e. The number of nitrogens with two attached hydrogens (primary N) is 2. The van der Waals surface area contributed by atoms with Crippen molar-refractivity contribution in [3.8, 4) is 0 Å². The number of carbonyl (C=O) groups is 1. The van der Waals surface area contributed by atoms with Crippen LogP contribution in [0.1, 0.15) is 0 Å². The second-order valence-corrected chi connectivity index (χ2v) is 5.07. The number of amides is 1. The maximum absolute atomic E-state index is 11.9. The number of rotatable bonds is 3. The Balaban J connectivity index is 0.000000612. The molecule has 0 aliphatic rings. The third-order valence-electron chi connectivity index (χ3n) is 1.98. The molecule has 0 unspecified atom stereocenters. The van der Waals surface area contributed by atoms with E-state index >= 15 is 0 Å². The molecule has 9 heteroatoms. The van der Waals surface area contributed by atoms with Gasteiger partial charge >= 0.3 is 0 Å². The number of nitrogens with zero attached hydrogens (tertiary/aromatic N) is 2. The molecule has 0 saturated carbocycles. The number of nitrogens with one attached hydrogen (secondary N) is 1. The van der Waals surface area contributed by atoms with E-state index in [0.717, 1.165) is 0 Å². The standard InChI is InChI=1S/C10H10N4O2S.CH3NO/c11-8-2-4-9(5-3-8)17(15,16)14-10-12-6-1-7-13-10;2-1-3/h1-7H,11H2,(H,12,13,14);1H,(H2,2,3). The van der Waals surface area contributed by atoms with E-state index in [9.17, 15) is 8.42 Å². The molecule has 20 heavy (non-hydrogen) atoms. The monoisotopic (exact) mass is 295 g/mol. The summed E-state index contributed by atoms with van der Waals surface area (Å²) in [5.41, 5.74) is 10.1. The van der Waals surface area contributed by atoms with E-state index < -0.39 is 10.0 Å². The smallest absolute Gasteiger partial charge is 0.264 e. The first kappa shape index (κ1) is 15.4. The molecule has 1 aromatic carbocycles. The average molecular weight is 295 g/mol. The lowest BCUT2D eigenvalue weighted by molar-refractivity contribution is -0.106. The average Bonchev–Trinajstić information content (AvgIpc) is 2.41. The van der Waals surface area contributed by atoms with E-state index in [1.165, 1.54) is 36.7 Å². The molecule has 0 aliphatic carbocycles. The van der Waals surface area contributed by atoms with Gasteiger partial charge in [-0.3, -0.25) is 4.79 Å². The van der Waals surface area contributed by atoms with Gasteiger partial charge in [0.1, 0.15) is 0 Å². The molecule has 0 bridgehead atoms. The van der Waals surface area contributed by atoms with Crippen molar-refractivity contribution in [2.75, 3.05) is 10.5 Å². The molecular weight excluding hydrogens is 282 g/mol. The normalized spacial score (nSPS) is 10.0. The Labute approximate surface area is 115 Å². The van der Waals surface area contributed by atoms with Gasteiger partial charge in [0.25, 0.3) is 10.0 Å². The predicted octanol–water partition coefficient (Wildman–Crippen LogP) is -0.0389. The highest BCUT2D eigenvalue weighted by Gasteiger charge is 2.14. The van der Waals surface area contributed by atoms with Crippen molar-refractivity contribution < 1.29 is 13.2 Å². The fourth-order valence-electron chi connectivity index (χ4n) is 1.18. The number of carbonyl (C=O) groups excluding carboxylic acids is 1. The molecule has 2 aromatic rings. The Hall–Kier alpha value is -2.68. The Morgan fingerprint density at radius 3 is 2.10 bits per heavy atom. The molecule has 106 valence electrons. The molecule has 0 spiro atoms. The van der Waals surface area contributed by atoms with E-state index in [0.29, 0.717) is 5.69 Å². The zero-order valence-electron chi connectivity index (χ0n) is 10.3. The van der Waals surface area contributed by atoms with Crippen molar-refractivity contribution in [3.63, 3.8) is 0 Å². The minimum atomic E-state index is -3.66. The molecule has 2 rings (SSSR count). The van der Waals surface area contributed by atoms with Crippen LogP contribution in [0.5, 0.6) is 0 Å². The Kier molecular flexibility index (Phi) is 5.42. The lowest BCUT2D eigenvalue weighted by Gasteiger charge is -2.05. The third kappa shape index (κ3) is 4.53. The molecule has 0 aliphatic heterocycles. The van der Waals surface area contributed by atoms with Crippen molar-refractivity contribution in [1.82, 2.24) is 9.97 Å². The molecule has 0 saturated heterocycles. The zero-order chi connectivity index (χ0) is 15.0. The number of nitrogen functional groups attached to an aromatic ring is 1. The van der Waals surface area contributed by atoms with Crippen molar-refractivity contribution in [1.29, 1.82) is 0 Å². The van der Waals surface area contributed by atoms with Crippen molar-refractivity contribution >= 4 is 28.1 Å². The van der Waals surface area contributed by atoms with Crippen LogP contribution in [0.2, 0.25) is 0 Å². The van der Waals surface area contributed by atoms with Gasteiger partial charge in [-0.05, 0) is 30.3 Å². The number of hydrogen-bond acceptors (Lipinski definition) is 6. The minimum absolute atomic E-state index is 0.0318. The van der Waals surface area contributed by atoms with Crippen LogP contribution in [0.25, 0.3) is 0 Å². The molecule has 0 radical (unpaired) electrons. The molecule has 0 atom stereocenters. The van der Waals surface area contributed by atoms with Crippen LogP contribution in [0.4, 0.5) is 11.6 Å². The second kappa shape index (κ2) is 7.04. The van der Waals surface area contributed by atoms with E-state index in [-0.39, 0.29) is 17.3 Å². The van der Waals surface area contributed by atoms with Crippen LogP contribution in [0.15, 0.2) is 47.6 Å². The topological polar surface area (TPSA) is 141 Å². The van der Waals surface area contributed by atoms with Crippen molar-refractivity contribution in [2.45, 2.75) is 4.90 Å². The highest BCUT2D eigenvalue weighted by atomic mass is 32.2. The first-order valence-corrected chi connectivity index (χ1v) is 6.78. The van der Waals surface area contributed by atoms with Crippen molar-refractivity contribution in [3.05, 3.63) is 42.7 Å².